The first-order valence-electron chi connectivity index (χ1n) is 5.25. The number of benzene rings is 1. The minimum atomic E-state index is -0.723. The molecule has 0 amide bonds. The highest BCUT2D eigenvalue weighted by Crippen LogP contribution is 2.12. The van der Waals surface area contributed by atoms with Crippen molar-refractivity contribution in [1.29, 1.82) is 0 Å². The lowest BCUT2D eigenvalue weighted by atomic mass is 9.99. The summed E-state index contributed by atoms with van der Waals surface area (Å²) < 4.78 is 25.8. The fourth-order valence-corrected chi connectivity index (χ4v) is 1.43. The third-order valence-electron chi connectivity index (χ3n) is 2.30. The predicted octanol–water partition coefficient (Wildman–Crippen LogP) is 2.39. The monoisotopic (exact) mass is 227 g/mol. The van der Waals surface area contributed by atoms with E-state index in [1.807, 2.05) is 6.92 Å². The van der Waals surface area contributed by atoms with Gasteiger partial charge in [0, 0.05) is 24.1 Å². The fourth-order valence-electron chi connectivity index (χ4n) is 1.43. The van der Waals surface area contributed by atoms with Crippen molar-refractivity contribution < 1.29 is 13.6 Å². The van der Waals surface area contributed by atoms with Crippen LogP contribution in [0.4, 0.5) is 8.78 Å². The Labute approximate surface area is 93.7 Å². The number of hydrogen-bond acceptors (Lipinski definition) is 2. The Balaban J connectivity index is 2.79. The van der Waals surface area contributed by atoms with Crippen LogP contribution < -0.4 is 5.32 Å². The summed E-state index contributed by atoms with van der Waals surface area (Å²) in [7, 11) is 0. The molecule has 16 heavy (non-hydrogen) atoms. The molecular formula is C12H15F2NO. The van der Waals surface area contributed by atoms with Gasteiger partial charge in [0.25, 0.3) is 0 Å². The third kappa shape index (κ3) is 3.38. The highest BCUT2D eigenvalue weighted by atomic mass is 19.1. The molecule has 1 aromatic rings. The summed E-state index contributed by atoms with van der Waals surface area (Å²) in [5, 5.41) is 3.02. The summed E-state index contributed by atoms with van der Waals surface area (Å²) in [4.78, 5) is 11.8. The number of carbonyl (C=O) groups is 1. The Hall–Kier alpha value is -1.29. The quantitative estimate of drug-likeness (QED) is 0.782. The van der Waals surface area contributed by atoms with Crippen molar-refractivity contribution in [1.82, 2.24) is 5.32 Å². The lowest BCUT2D eigenvalue weighted by Gasteiger charge is -2.10. The minimum absolute atomic E-state index is 0.0860. The van der Waals surface area contributed by atoms with Crippen LogP contribution in [0.3, 0.4) is 0 Å². The highest BCUT2D eigenvalue weighted by Gasteiger charge is 2.16. The maximum absolute atomic E-state index is 12.9. The van der Waals surface area contributed by atoms with Crippen molar-refractivity contribution in [3.63, 3.8) is 0 Å². The molecular weight excluding hydrogens is 212 g/mol. The van der Waals surface area contributed by atoms with Gasteiger partial charge in [-0.25, -0.2) is 8.78 Å². The van der Waals surface area contributed by atoms with Crippen LogP contribution in [-0.4, -0.2) is 18.9 Å². The van der Waals surface area contributed by atoms with Gasteiger partial charge in [0.1, 0.15) is 11.6 Å². The van der Waals surface area contributed by atoms with E-state index in [0.29, 0.717) is 6.54 Å². The van der Waals surface area contributed by atoms with Crippen molar-refractivity contribution in [3.05, 3.63) is 35.4 Å². The zero-order valence-electron chi connectivity index (χ0n) is 9.39. The fraction of sp³-hybridized carbons (Fsp3) is 0.417. The van der Waals surface area contributed by atoms with Gasteiger partial charge in [-0.1, -0.05) is 13.8 Å². The minimum Gasteiger partial charge on any atom is -0.316 e. The summed E-state index contributed by atoms with van der Waals surface area (Å²) in [6.45, 7) is 4.93. The van der Waals surface area contributed by atoms with Crippen molar-refractivity contribution in [2.45, 2.75) is 13.8 Å². The van der Waals surface area contributed by atoms with E-state index in [1.165, 1.54) is 0 Å². The Bertz CT molecular complexity index is 359. The van der Waals surface area contributed by atoms with E-state index < -0.39 is 11.6 Å². The normalized spacial score (nSPS) is 12.5. The highest BCUT2D eigenvalue weighted by molar-refractivity contribution is 5.97. The average Bonchev–Trinajstić information content (AvgIpc) is 2.23. The van der Waals surface area contributed by atoms with Gasteiger partial charge in [0.2, 0.25) is 0 Å². The molecule has 0 aliphatic heterocycles. The van der Waals surface area contributed by atoms with Crippen molar-refractivity contribution >= 4 is 5.78 Å². The second-order valence-corrected chi connectivity index (χ2v) is 3.73. The SMILES string of the molecule is CCNCC(C)C(=O)c1cc(F)cc(F)c1. The first-order chi connectivity index (χ1) is 7.54. The zero-order chi connectivity index (χ0) is 12.1. The molecule has 0 saturated heterocycles. The van der Waals surface area contributed by atoms with Crippen LogP contribution in [-0.2, 0) is 0 Å². The molecule has 1 rings (SSSR count). The molecule has 1 aromatic carbocycles. The molecule has 0 radical (unpaired) electrons. The number of ketones is 1. The number of halogens is 2. The lowest BCUT2D eigenvalue weighted by molar-refractivity contribution is 0.0928. The van der Waals surface area contributed by atoms with Crippen LogP contribution in [0.1, 0.15) is 24.2 Å². The maximum atomic E-state index is 12.9. The van der Waals surface area contributed by atoms with E-state index in [0.717, 1.165) is 24.7 Å². The summed E-state index contributed by atoms with van der Waals surface area (Å²) in [5.41, 5.74) is 0.0860. The largest absolute Gasteiger partial charge is 0.316 e. The van der Waals surface area contributed by atoms with Crippen molar-refractivity contribution in [3.8, 4) is 0 Å². The molecule has 1 atom stereocenters. The molecule has 1 unspecified atom stereocenters. The molecule has 0 heterocycles. The van der Waals surface area contributed by atoms with Gasteiger partial charge < -0.3 is 5.32 Å². The first kappa shape index (κ1) is 12.8. The second kappa shape index (κ2) is 5.70. The molecule has 0 aliphatic carbocycles. The molecule has 0 aromatic heterocycles. The molecule has 0 bridgehead atoms. The summed E-state index contributed by atoms with van der Waals surface area (Å²) in [5.74, 6) is -1.99. The molecule has 0 aliphatic rings. The van der Waals surface area contributed by atoms with Crippen LogP contribution in [0.15, 0.2) is 18.2 Å². The Morgan fingerprint density at radius 1 is 1.31 bits per heavy atom. The maximum Gasteiger partial charge on any atom is 0.167 e. The molecule has 0 saturated carbocycles. The molecule has 0 spiro atoms. The predicted molar refractivity (Wildman–Crippen MR) is 58.4 cm³/mol. The standard InChI is InChI=1S/C12H15F2NO/c1-3-15-7-8(2)12(16)9-4-10(13)6-11(14)5-9/h4-6,8,15H,3,7H2,1-2H3. The number of rotatable bonds is 5. The molecule has 2 nitrogen and oxygen atoms in total. The van der Waals surface area contributed by atoms with Crippen LogP contribution in [0, 0.1) is 17.6 Å². The third-order valence-corrected chi connectivity index (χ3v) is 2.30. The number of Topliss-reactive ketones (excluding diaryl/α,β-unsaturated/α-hetero) is 1. The summed E-state index contributed by atoms with van der Waals surface area (Å²) in [6, 6.07) is 2.88. The van der Waals surface area contributed by atoms with Gasteiger partial charge in [0.15, 0.2) is 5.78 Å². The zero-order valence-corrected chi connectivity index (χ0v) is 9.39. The Morgan fingerprint density at radius 3 is 2.38 bits per heavy atom. The molecule has 1 N–H and O–H groups in total. The molecule has 4 heteroatoms. The van der Waals surface area contributed by atoms with Gasteiger partial charge in [-0.3, -0.25) is 4.79 Å². The number of carbonyl (C=O) groups excluding carboxylic acids is 1. The Morgan fingerprint density at radius 2 is 1.88 bits per heavy atom. The van der Waals surface area contributed by atoms with Crippen molar-refractivity contribution in [2.24, 2.45) is 5.92 Å². The van der Waals surface area contributed by atoms with E-state index in [-0.39, 0.29) is 17.3 Å². The van der Waals surface area contributed by atoms with E-state index in [2.05, 4.69) is 5.32 Å². The lowest BCUT2D eigenvalue weighted by Crippen LogP contribution is -2.26. The van der Waals surface area contributed by atoms with Crippen LogP contribution in [0.25, 0.3) is 0 Å². The van der Waals surface area contributed by atoms with Gasteiger partial charge in [-0.15, -0.1) is 0 Å². The van der Waals surface area contributed by atoms with Gasteiger partial charge in [0.05, 0.1) is 0 Å². The van der Waals surface area contributed by atoms with Gasteiger partial charge in [-0.05, 0) is 18.7 Å². The van der Waals surface area contributed by atoms with E-state index in [1.54, 1.807) is 6.92 Å². The van der Waals surface area contributed by atoms with Gasteiger partial charge >= 0.3 is 0 Å². The summed E-state index contributed by atoms with van der Waals surface area (Å²) >= 11 is 0. The topological polar surface area (TPSA) is 29.1 Å². The average molecular weight is 227 g/mol. The van der Waals surface area contributed by atoms with E-state index >= 15 is 0 Å². The summed E-state index contributed by atoms with van der Waals surface area (Å²) in [6.07, 6.45) is 0. The molecule has 88 valence electrons. The smallest absolute Gasteiger partial charge is 0.167 e. The second-order valence-electron chi connectivity index (χ2n) is 3.73. The first-order valence-corrected chi connectivity index (χ1v) is 5.25. The molecule has 0 fully saturated rings. The van der Waals surface area contributed by atoms with E-state index in [4.69, 9.17) is 0 Å². The van der Waals surface area contributed by atoms with E-state index in [9.17, 15) is 13.6 Å². The van der Waals surface area contributed by atoms with Gasteiger partial charge in [-0.2, -0.15) is 0 Å². The van der Waals surface area contributed by atoms with Crippen LogP contribution in [0.2, 0.25) is 0 Å². The van der Waals surface area contributed by atoms with Crippen LogP contribution in [0.5, 0.6) is 0 Å². The Kier molecular flexibility index (Phi) is 4.55. The number of nitrogens with one attached hydrogen (secondary N) is 1. The van der Waals surface area contributed by atoms with Crippen LogP contribution >= 0.6 is 0 Å². The van der Waals surface area contributed by atoms with Crippen molar-refractivity contribution in [2.75, 3.05) is 13.1 Å². The number of hydrogen-bond donors (Lipinski definition) is 1.